The third-order valence-corrected chi connectivity index (χ3v) is 6.49. The zero-order valence-electron chi connectivity index (χ0n) is 18.6. The Morgan fingerprint density at radius 2 is 1.82 bits per heavy atom. The zero-order chi connectivity index (χ0) is 24.1. The fourth-order valence-corrected chi connectivity index (χ4v) is 4.69. The number of nitrogens with two attached hydrogens (primary N) is 1. The molecule has 4 rings (SSSR count). The van der Waals surface area contributed by atoms with Crippen LogP contribution in [0.1, 0.15) is 43.4 Å². The van der Waals surface area contributed by atoms with Crippen LogP contribution in [-0.2, 0) is 14.3 Å². The second-order valence-electron chi connectivity index (χ2n) is 8.80. The number of rotatable bonds is 4. The van der Waals surface area contributed by atoms with Crippen molar-refractivity contribution in [2.24, 2.45) is 5.41 Å². The molecule has 0 bridgehead atoms. The molecule has 33 heavy (non-hydrogen) atoms. The lowest BCUT2D eigenvalue weighted by Crippen LogP contribution is -2.30. The number of carbonyl (C=O) groups excluding carboxylic acids is 2. The number of nitrogen functional groups attached to an aromatic ring is 1. The highest BCUT2D eigenvalue weighted by atomic mass is 32.2. The quantitative estimate of drug-likeness (QED) is 0.335. The van der Waals surface area contributed by atoms with Gasteiger partial charge >= 0.3 is 11.9 Å². The van der Waals surface area contributed by atoms with Crippen molar-refractivity contribution in [3.8, 4) is 11.1 Å². The average Bonchev–Trinajstić information content (AvgIpc) is 2.73. The molecule has 2 aromatic carbocycles. The molecule has 1 atom stereocenters. The molecule has 172 valence electrons. The number of halogens is 1. The molecule has 0 aliphatic carbocycles. The van der Waals surface area contributed by atoms with Crippen LogP contribution in [0.25, 0.3) is 22.0 Å². The summed E-state index contributed by atoms with van der Waals surface area (Å²) < 4.78 is 26.8. The van der Waals surface area contributed by atoms with Crippen molar-refractivity contribution >= 4 is 40.3 Å². The van der Waals surface area contributed by atoms with Crippen molar-refractivity contribution in [1.29, 1.82) is 0 Å². The molecule has 7 nitrogen and oxygen atoms in total. The monoisotopic (exact) mass is 470 g/mol. The number of ether oxygens (including phenoxy) is 2. The van der Waals surface area contributed by atoms with Gasteiger partial charge in [-0.3, -0.25) is 9.59 Å². The fraction of sp³-hybridized carbons (Fsp3) is 0.292. The number of aromatic nitrogens is 1. The number of benzene rings is 2. The first-order chi connectivity index (χ1) is 15.5. The Morgan fingerprint density at radius 1 is 1.15 bits per heavy atom. The molecule has 2 N–H and O–H groups in total. The van der Waals surface area contributed by atoms with Crippen LogP contribution >= 0.6 is 11.8 Å². The first-order valence-electron chi connectivity index (χ1n) is 10.3. The maximum atomic E-state index is 15.0. The Kier molecular flexibility index (Phi) is 5.69. The van der Waals surface area contributed by atoms with Crippen LogP contribution in [0.5, 0.6) is 0 Å². The number of fused-ring (bicyclic) bond motifs is 3. The topological polar surface area (TPSA) is 101 Å². The van der Waals surface area contributed by atoms with Crippen molar-refractivity contribution in [2.45, 2.75) is 38.1 Å². The number of pyridine rings is 1. The van der Waals surface area contributed by atoms with Gasteiger partial charge in [-0.25, -0.2) is 9.18 Å². The summed E-state index contributed by atoms with van der Waals surface area (Å²) in [6.45, 7) is 6.30. The van der Waals surface area contributed by atoms with Gasteiger partial charge in [-0.05, 0) is 57.5 Å². The minimum Gasteiger partial charge on any atom is -0.427 e. The van der Waals surface area contributed by atoms with E-state index in [1.165, 1.54) is 11.8 Å². The molecule has 3 aromatic rings. The third kappa shape index (κ3) is 4.08. The van der Waals surface area contributed by atoms with Crippen LogP contribution < -0.4 is 11.2 Å². The first kappa shape index (κ1) is 22.8. The molecule has 1 aliphatic heterocycles. The van der Waals surface area contributed by atoms with E-state index in [0.29, 0.717) is 27.4 Å². The lowest BCUT2D eigenvalue weighted by molar-refractivity contribution is -0.161. The van der Waals surface area contributed by atoms with Crippen molar-refractivity contribution < 1.29 is 23.5 Å². The van der Waals surface area contributed by atoms with E-state index in [2.05, 4.69) is 0 Å². The average molecular weight is 471 g/mol. The van der Waals surface area contributed by atoms with Gasteiger partial charge < -0.3 is 19.8 Å². The van der Waals surface area contributed by atoms with Crippen LogP contribution in [0.15, 0.2) is 46.2 Å². The van der Waals surface area contributed by atoms with Gasteiger partial charge in [-0.2, -0.15) is 0 Å². The smallest absolute Gasteiger partial charge is 0.347 e. The van der Waals surface area contributed by atoms with Crippen molar-refractivity contribution in [3.63, 3.8) is 0 Å². The summed E-state index contributed by atoms with van der Waals surface area (Å²) in [4.78, 5) is 37.8. The summed E-state index contributed by atoms with van der Waals surface area (Å²) in [6.07, 6.45) is 0. The Morgan fingerprint density at radius 3 is 2.42 bits per heavy atom. The van der Waals surface area contributed by atoms with Crippen molar-refractivity contribution in [1.82, 2.24) is 4.57 Å². The molecule has 0 spiro atoms. The summed E-state index contributed by atoms with van der Waals surface area (Å²) in [5, 5.41) is 0.432. The molecule has 9 heteroatoms. The van der Waals surface area contributed by atoms with Crippen LogP contribution in [0.2, 0.25) is 0 Å². The molecule has 0 amide bonds. The molecular weight excluding hydrogens is 447 g/mol. The van der Waals surface area contributed by atoms with E-state index in [9.17, 15) is 14.4 Å². The van der Waals surface area contributed by atoms with Gasteiger partial charge in [0.05, 0.1) is 21.3 Å². The molecule has 0 fully saturated rings. The zero-order valence-corrected chi connectivity index (χ0v) is 19.4. The molecule has 1 aliphatic rings. The first-order valence-corrected chi connectivity index (χ1v) is 11.2. The van der Waals surface area contributed by atoms with Gasteiger partial charge in [0.15, 0.2) is 0 Å². The second kappa shape index (κ2) is 8.22. The maximum Gasteiger partial charge on any atom is 0.347 e. The van der Waals surface area contributed by atoms with E-state index in [1.54, 1.807) is 55.7 Å². The maximum absolute atomic E-state index is 15.0. The molecule has 1 unspecified atom stereocenters. The number of carbonyl (C=O) groups is 2. The second-order valence-corrected chi connectivity index (χ2v) is 10.1. The summed E-state index contributed by atoms with van der Waals surface area (Å²) in [6, 6.07) is 9.51. The highest BCUT2D eigenvalue weighted by Crippen LogP contribution is 2.47. The third-order valence-electron chi connectivity index (χ3n) is 5.31. The normalized spacial score (nSPS) is 15.0. The highest BCUT2D eigenvalue weighted by molar-refractivity contribution is 8.00. The van der Waals surface area contributed by atoms with Gasteiger partial charge in [-0.15, -0.1) is 0 Å². The number of thioether (sulfide) groups is 1. The Balaban J connectivity index is 1.74. The molecule has 1 aromatic heterocycles. The van der Waals surface area contributed by atoms with Crippen molar-refractivity contribution in [2.75, 3.05) is 12.5 Å². The predicted molar refractivity (Wildman–Crippen MR) is 124 cm³/mol. The van der Waals surface area contributed by atoms with E-state index >= 15 is 4.39 Å². The number of anilines is 1. The van der Waals surface area contributed by atoms with E-state index in [1.807, 2.05) is 6.92 Å². The van der Waals surface area contributed by atoms with Crippen molar-refractivity contribution in [3.05, 3.63) is 58.0 Å². The number of hydrogen-bond acceptors (Lipinski definition) is 7. The highest BCUT2D eigenvalue weighted by Gasteiger charge is 2.34. The SMILES string of the molecule is CC1Sc2c(C(=O)OCOC(=O)C(C)(C)C)c(=O)c3cc(F)c(-c4ccc(N)cc4)cc3n21. The Labute approximate surface area is 193 Å². The Hall–Kier alpha value is -3.33. The van der Waals surface area contributed by atoms with Gasteiger partial charge in [0.2, 0.25) is 12.2 Å². The van der Waals surface area contributed by atoms with Gasteiger partial charge in [0.1, 0.15) is 11.4 Å². The van der Waals surface area contributed by atoms with Crippen LogP contribution in [0.4, 0.5) is 10.1 Å². The molecule has 0 saturated heterocycles. The van der Waals surface area contributed by atoms with E-state index in [4.69, 9.17) is 15.2 Å². The molecule has 0 saturated carbocycles. The molecular formula is C24H23FN2O5S. The number of nitrogens with zero attached hydrogens (tertiary/aromatic N) is 1. The summed E-state index contributed by atoms with van der Waals surface area (Å²) in [5.74, 6) is -2.06. The molecule has 0 radical (unpaired) electrons. The van der Waals surface area contributed by atoms with E-state index < -0.39 is 35.4 Å². The standard InChI is InChI=1S/C24H23FN2O5S/c1-12-27-18-10-15(13-5-7-14(26)8-6-13)17(25)9-16(18)20(28)19(21(27)33-12)22(29)31-11-32-23(30)24(2,3)4/h5-10,12H,11,26H2,1-4H3. The minimum absolute atomic E-state index is 0.0706. The van der Waals surface area contributed by atoms with Crippen LogP contribution in [-0.4, -0.2) is 23.3 Å². The minimum atomic E-state index is -0.922. The largest absolute Gasteiger partial charge is 0.427 e. The summed E-state index contributed by atoms with van der Waals surface area (Å²) in [7, 11) is 0. The lowest BCUT2D eigenvalue weighted by Gasteiger charge is -2.33. The van der Waals surface area contributed by atoms with Gasteiger partial charge in [-0.1, -0.05) is 23.9 Å². The van der Waals surface area contributed by atoms with Crippen LogP contribution in [0, 0.1) is 11.2 Å². The fourth-order valence-electron chi connectivity index (χ4n) is 3.54. The predicted octanol–water partition coefficient (Wildman–Crippen LogP) is 4.72. The van der Waals surface area contributed by atoms with E-state index in [-0.39, 0.29) is 16.3 Å². The summed E-state index contributed by atoms with van der Waals surface area (Å²) in [5.41, 5.74) is 6.16. The number of esters is 2. The van der Waals surface area contributed by atoms with E-state index in [0.717, 1.165) is 6.07 Å². The van der Waals surface area contributed by atoms with Gasteiger partial charge in [0, 0.05) is 16.6 Å². The number of hydrogen-bond donors (Lipinski definition) is 1. The molecule has 2 heterocycles. The Bertz CT molecular complexity index is 1340. The summed E-state index contributed by atoms with van der Waals surface area (Å²) >= 11 is 1.33. The van der Waals surface area contributed by atoms with Gasteiger partial charge in [0.25, 0.3) is 0 Å². The van der Waals surface area contributed by atoms with Crippen LogP contribution in [0.3, 0.4) is 0 Å². The lowest BCUT2D eigenvalue weighted by atomic mass is 9.98.